The molecular weight excluding hydrogens is 334 g/mol. The molecule has 0 spiro atoms. The van der Waals surface area contributed by atoms with Gasteiger partial charge in [0.2, 0.25) is 0 Å². The van der Waals surface area contributed by atoms with Gasteiger partial charge >= 0.3 is 0 Å². The van der Waals surface area contributed by atoms with E-state index in [9.17, 15) is 5.11 Å². The highest BCUT2D eigenvalue weighted by atomic mass is 16.3. The van der Waals surface area contributed by atoms with Crippen LogP contribution in [-0.4, -0.2) is 38.8 Å². The van der Waals surface area contributed by atoms with E-state index < -0.39 is 0 Å². The Hall–Kier alpha value is -2.17. The number of β-amino-alcohol motifs (C(OH)–C–C–N with tert-alkyl or cyclic N) is 1. The van der Waals surface area contributed by atoms with Gasteiger partial charge < -0.3 is 9.67 Å². The molecular formula is C23H29N3O. The molecule has 0 aliphatic carbocycles. The lowest BCUT2D eigenvalue weighted by atomic mass is 10.0. The molecule has 3 heterocycles. The molecule has 1 aliphatic rings. The normalized spacial score (nSPS) is 15.9. The minimum atomic E-state index is -0.282. The van der Waals surface area contributed by atoms with Crippen LogP contribution in [0.1, 0.15) is 35.0 Å². The average molecular weight is 364 g/mol. The quantitative estimate of drug-likeness (QED) is 0.752. The monoisotopic (exact) mass is 363 g/mol. The van der Waals surface area contributed by atoms with E-state index in [0.717, 1.165) is 44.7 Å². The molecule has 4 nitrogen and oxygen atoms in total. The fourth-order valence-electron chi connectivity index (χ4n) is 4.29. The van der Waals surface area contributed by atoms with Gasteiger partial charge in [-0.1, -0.05) is 17.7 Å². The zero-order valence-corrected chi connectivity index (χ0v) is 16.6. The predicted molar refractivity (Wildman–Crippen MR) is 110 cm³/mol. The SMILES string of the molecule is Cc1ccc2c(c1)c1c(n2CCc2ccc(C)nc2)CCN(CC(C)O)C1. The maximum atomic E-state index is 9.79. The standard InChI is InChI=1S/C23H29N3O/c1-16-4-7-22-20(12-16)21-15-25(14-18(3)27)10-9-23(21)26(22)11-8-19-6-5-17(2)24-13-19/h4-7,12-13,18,27H,8-11,14-15H2,1-3H3. The average Bonchev–Trinajstić information content (AvgIpc) is 2.93. The van der Waals surface area contributed by atoms with E-state index in [1.54, 1.807) is 0 Å². The first-order valence-electron chi connectivity index (χ1n) is 9.94. The molecule has 0 bridgehead atoms. The molecule has 0 radical (unpaired) electrons. The van der Waals surface area contributed by atoms with E-state index in [2.05, 4.69) is 51.7 Å². The number of hydrogen-bond donors (Lipinski definition) is 1. The van der Waals surface area contributed by atoms with Gasteiger partial charge in [-0.25, -0.2) is 0 Å². The minimum absolute atomic E-state index is 0.282. The van der Waals surface area contributed by atoms with Crippen molar-refractivity contribution in [3.05, 3.63) is 64.6 Å². The molecule has 4 rings (SSSR count). The van der Waals surface area contributed by atoms with E-state index in [-0.39, 0.29) is 6.10 Å². The Bertz CT molecular complexity index is 940. The third-order valence-corrected chi connectivity index (χ3v) is 5.61. The van der Waals surface area contributed by atoms with Gasteiger partial charge in [0.15, 0.2) is 0 Å². The van der Waals surface area contributed by atoms with Crippen molar-refractivity contribution in [2.24, 2.45) is 0 Å². The summed E-state index contributed by atoms with van der Waals surface area (Å²) in [7, 11) is 0. The van der Waals surface area contributed by atoms with Crippen molar-refractivity contribution in [3.8, 4) is 0 Å². The maximum Gasteiger partial charge on any atom is 0.0639 e. The summed E-state index contributed by atoms with van der Waals surface area (Å²) in [6.45, 7) is 9.73. The molecule has 4 heteroatoms. The van der Waals surface area contributed by atoms with Gasteiger partial charge in [0, 0.05) is 61.1 Å². The third kappa shape index (κ3) is 3.78. The molecule has 0 saturated heterocycles. The lowest BCUT2D eigenvalue weighted by Gasteiger charge is -2.29. The summed E-state index contributed by atoms with van der Waals surface area (Å²) in [5.74, 6) is 0. The molecule has 1 atom stereocenters. The fraction of sp³-hybridized carbons (Fsp3) is 0.435. The largest absolute Gasteiger partial charge is 0.392 e. The summed E-state index contributed by atoms with van der Waals surface area (Å²) >= 11 is 0. The second-order valence-electron chi connectivity index (χ2n) is 7.99. The van der Waals surface area contributed by atoms with Gasteiger partial charge in [-0.05, 0) is 56.5 Å². The topological polar surface area (TPSA) is 41.3 Å². The van der Waals surface area contributed by atoms with Gasteiger partial charge in [-0.15, -0.1) is 0 Å². The van der Waals surface area contributed by atoms with Crippen LogP contribution in [0.4, 0.5) is 0 Å². The molecule has 1 unspecified atom stereocenters. The van der Waals surface area contributed by atoms with Crippen LogP contribution in [0.5, 0.6) is 0 Å². The number of aryl methyl sites for hydroxylation is 4. The molecule has 0 saturated carbocycles. The molecule has 3 aromatic rings. The molecule has 142 valence electrons. The molecule has 0 fully saturated rings. The van der Waals surface area contributed by atoms with Crippen LogP contribution in [0, 0.1) is 13.8 Å². The summed E-state index contributed by atoms with van der Waals surface area (Å²) in [4.78, 5) is 6.82. The second-order valence-corrected chi connectivity index (χ2v) is 7.99. The lowest BCUT2D eigenvalue weighted by Crippen LogP contribution is -2.36. The van der Waals surface area contributed by atoms with Crippen molar-refractivity contribution in [1.82, 2.24) is 14.5 Å². The van der Waals surface area contributed by atoms with Crippen LogP contribution < -0.4 is 0 Å². The molecule has 27 heavy (non-hydrogen) atoms. The van der Waals surface area contributed by atoms with Crippen molar-refractivity contribution >= 4 is 10.9 Å². The number of nitrogens with zero attached hydrogens (tertiary/aromatic N) is 3. The Morgan fingerprint density at radius 3 is 2.78 bits per heavy atom. The zero-order valence-electron chi connectivity index (χ0n) is 16.6. The van der Waals surface area contributed by atoms with Crippen molar-refractivity contribution < 1.29 is 5.11 Å². The summed E-state index contributed by atoms with van der Waals surface area (Å²) in [5, 5.41) is 11.2. The molecule has 1 N–H and O–H groups in total. The van der Waals surface area contributed by atoms with Crippen molar-refractivity contribution in [2.45, 2.75) is 52.8 Å². The zero-order chi connectivity index (χ0) is 19.0. The Morgan fingerprint density at radius 1 is 1.19 bits per heavy atom. The van der Waals surface area contributed by atoms with E-state index in [1.165, 1.54) is 33.3 Å². The van der Waals surface area contributed by atoms with E-state index in [0.29, 0.717) is 0 Å². The lowest BCUT2D eigenvalue weighted by molar-refractivity contribution is 0.118. The van der Waals surface area contributed by atoms with Gasteiger partial charge in [0.25, 0.3) is 0 Å². The number of aromatic nitrogens is 2. The summed E-state index contributed by atoms with van der Waals surface area (Å²) in [6.07, 6.45) is 3.76. The second kappa shape index (κ2) is 7.45. The number of rotatable bonds is 5. The first-order chi connectivity index (χ1) is 13.0. The summed E-state index contributed by atoms with van der Waals surface area (Å²) in [5.41, 5.74) is 7.91. The van der Waals surface area contributed by atoms with Crippen molar-refractivity contribution in [3.63, 3.8) is 0 Å². The minimum Gasteiger partial charge on any atom is -0.392 e. The number of aliphatic hydroxyl groups excluding tert-OH is 1. The number of fused-ring (bicyclic) bond motifs is 3. The predicted octanol–water partition coefficient (Wildman–Crippen LogP) is 3.63. The third-order valence-electron chi connectivity index (χ3n) is 5.61. The van der Waals surface area contributed by atoms with Gasteiger partial charge in [0.05, 0.1) is 6.10 Å². The molecule has 1 aromatic carbocycles. The molecule has 1 aliphatic heterocycles. The summed E-state index contributed by atoms with van der Waals surface area (Å²) < 4.78 is 2.52. The molecule has 2 aromatic heterocycles. The highest BCUT2D eigenvalue weighted by molar-refractivity contribution is 5.86. The van der Waals surface area contributed by atoms with Crippen molar-refractivity contribution in [2.75, 3.05) is 13.1 Å². The number of hydrogen-bond acceptors (Lipinski definition) is 3. The highest BCUT2D eigenvalue weighted by Crippen LogP contribution is 2.32. The van der Waals surface area contributed by atoms with Crippen LogP contribution in [0.2, 0.25) is 0 Å². The molecule has 0 amide bonds. The smallest absolute Gasteiger partial charge is 0.0639 e. The van der Waals surface area contributed by atoms with Crippen molar-refractivity contribution in [1.29, 1.82) is 0 Å². The van der Waals surface area contributed by atoms with Gasteiger partial charge in [-0.2, -0.15) is 0 Å². The van der Waals surface area contributed by atoms with Crippen LogP contribution >= 0.6 is 0 Å². The number of aliphatic hydroxyl groups is 1. The van der Waals surface area contributed by atoms with Crippen LogP contribution in [0.3, 0.4) is 0 Å². The van der Waals surface area contributed by atoms with Gasteiger partial charge in [-0.3, -0.25) is 9.88 Å². The Labute approximate surface area is 161 Å². The van der Waals surface area contributed by atoms with E-state index >= 15 is 0 Å². The number of pyridine rings is 1. The van der Waals surface area contributed by atoms with E-state index in [1.807, 2.05) is 20.0 Å². The number of benzene rings is 1. The highest BCUT2D eigenvalue weighted by Gasteiger charge is 2.24. The van der Waals surface area contributed by atoms with E-state index in [4.69, 9.17) is 0 Å². The van der Waals surface area contributed by atoms with Crippen LogP contribution in [-0.2, 0) is 25.9 Å². The van der Waals surface area contributed by atoms with Crippen LogP contribution in [0.25, 0.3) is 10.9 Å². The Balaban J connectivity index is 1.67. The van der Waals surface area contributed by atoms with Gasteiger partial charge in [0.1, 0.15) is 0 Å². The first kappa shape index (κ1) is 18.2. The Morgan fingerprint density at radius 2 is 2.04 bits per heavy atom. The fourth-order valence-corrected chi connectivity index (χ4v) is 4.29. The summed E-state index contributed by atoms with van der Waals surface area (Å²) in [6, 6.07) is 11.1. The maximum absolute atomic E-state index is 9.79. The first-order valence-corrected chi connectivity index (χ1v) is 9.94. The Kier molecular flexibility index (Phi) is 5.02. The van der Waals surface area contributed by atoms with Crippen LogP contribution in [0.15, 0.2) is 36.5 Å².